The zero-order chi connectivity index (χ0) is 13.3. The van der Waals surface area contributed by atoms with Gasteiger partial charge in [0.15, 0.2) is 0 Å². The van der Waals surface area contributed by atoms with Crippen LogP contribution in [0.4, 0.5) is 0 Å². The summed E-state index contributed by atoms with van der Waals surface area (Å²) in [5, 5.41) is 0. The summed E-state index contributed by atoms with van der Waals surface area (Å²) in [5.41, 5.74) is 0. The quantitative estimate of drug-likeness (QED) is 0.687. The number of carbonyl (C=O) groups excluding carboxylic acids is 2. The third kappa shape index (κ3) is 6.26. The Labute approximate surface area is 104 Å². The summed E-state index contributed by atoms with van der Waals surface area (Å²) >= 11 is 0. The molecule has 0 spiro atoms. The predicted octanol–water partition coefficient (Wildman–Crippen LogP) is 0.740. The van der Waals surface area contributed by atoms with E-state index < -0.39 is 0 Å². The second kappa shape index (κ2) is 8.98. The van der Waals surface area contributed by atoms with Gasteiger partial charge in [0.25, 0.3) is 0 Å². The van der Waals surface area contributed by atoms with Gasteiger partial charge in [-0.05, 0) is 6.92 Å². The summed E-state index contributed by atoms with van der Waals surface area (Å²) in [6.45, 7) is 11.0. The van der Waals surface area contributed by atoms with Crippen molar-refractivity contribution in [3.05, 3.63) is 0 Å². The van der Waals surface area contributed by atoms with E-state index in [0.29, 0.717) is 26.2 Å². The standard InChI is InChI=1S/C10H18N2O3.C2H6/c1-3-15-10(14)8-11-4-6-12(7-5-11)9(2)13;1-2/h3-8H2,1-2H3;1-2H3. The fourth-order valence-electron chi connectivity index (χ4n) is 1.61. The summed E-state index contributed by atoms with van der Waals surface area (Å²) in [4.78, 5) is 26.0. The maximum atomic E-state index is 11.2. The van der Waals surface area contributed by atoms with E-state index in [1.165, 1.54) is 0 Å². The van der Waals surface area contributed by atoms with E-state index in [0.717, 1.165) is 13.1 Å². The molecule has 0 aromatic heterocycles. The normalized spacial score (nSPS) is 15.9. The van der Waals surface area contributed by atoms with Gasteiger partial charge < -0.3 is 9.64 Å². The second-order valence-corrected chi connectivity index (χ2v) is 3.59. The number of hydrogen-bond acceptors (Lipinski definition) is 4. The molecule has 0 aromatic rings. The van der Waals surface area contributed by atoms with Crippen LogP contribution in [-0.4, -0.2) is 61.0 Å². The molecule has 0 atom stereocenters. The molecule has 1 aliphatic rings. The molecular weight excluding hydrogens is 220 g/mol. The Bertz CT molecular complexity index is 236. The number of piperazine rings is 1. The van der Waals surface area contributed by atoms with Gasteiger partial charge in [0, 0.05) is 33.1 Å². The molecule has 1 amide bonds. The van der Waals surface area contributed by atoms with Gasteiger partial charge in [-0.3, -0.25) is 14.5 Å². The van der Waals surface area contributed by atoms with E-state index in [1.807, 2.05) is 18.7 Å². The number of rotatable bonds is 3. The van der Waals surface area contributed by atoms with Crippen molar-refractivity contribution in [2.75, 3.05) is 39.3 Å². The molecule has 0 aliphatic carbocycles. The molecule has 0 bridgehead atoms. The average Bonchev–Trinajstić information content (AvgIpc) is 2.32. The second-order valence-electron chi connectivity index (χ2n) is 3.59. The number of hydrogen-bond donors (Lipinski definition) is 0. The highest BCUT2D eigenvalue weighted by Gasteiger charge is 2.20. The van der Waals surface area contributed by atoms with Crippen molar-refractivity contribution in [1.82, 2.24) is 9.80 Å². The first-order valence-electron chi connectivity index (χ1n) is 6.27. The van der Waals surface area contributed by atoms with Crippen molar-refractivity contribution in [2.24, 2.45) is 0 Å². The zero-order valence-electron chi connectivity index (χ0n) is 11.4. The number of esters is 1. The van der Waals surface area contributed by atoms with Crippen LogP contribution in [0.1, 0.15) is 27.7 Å². The topological polar surface area (TPSA) is 49.9 Å². The minimum atomic E-state index is -0.186. The van der Waals surface area contributed by atoms with E-state index in [-0.39, 0.29) is 11.9 Å². The highest BCUT2D eigenvalue weighted by molar-refractivity contribution is 5.73. The zero-order valence-corrected chi connectivity index (χ0v) is 11.4. The molecule has 1 fully saturated rings. The molecular formula is C12H24N2O3. The minimum absolute atomic E-state index is 0.103. The summed E-state index contributed by atoms with van der Waals surface area (Å²) in [5.74, 6) is -0.0837. The van der Waals surface area contributed by atoms with E-state index >= 15 is 0 Å². The molecule has 1 aliphatic heterocycles. The Kier molecular flexibility index (Phi) is 8.40. The van der Waals surface area contributed by atoms with Crippen LogP contribution in [0.15, 0.2) is 0 Å². The number of ether oxygens (including phenoxy) is 1. The largest absolute Gasteiger partial charge is 0.465 e. The molecule has 0 radical (unpaired) electrons. The molecule has 1 rings (SSSR count). The van der Waals surface area contributed by atoms with Crippen LogP contribution in [0, 0.1) is 0 Å². The smallest absolute Gasteiger partial charge is 0.320 e. The van der Waals surface area contributed by atoms with Gasteiger partial charge in [-0.15, -0.1) is 0 Å². The summed E-state index contributed by atoms with van der Waals surface area (Å²) in [6.07, 6.45) is 0. The van der Waals surface area contributed by atoms with E-state index in [1.54, 1.807) is 18.7 Å². The highest BCUT2D eigenvalue weighted by Crippen LogP contribution is 2.01. The molecule has 1 heterocycles. The lowest BCUT2D eigenvalue weighted by atomic mass is 10.3. The average molecular weight is 244 g/mol. The molecule has 1 saturated heterocycles. The molecule has 5 heteroatoms. The Balaban J connectivity index is 0.00000121. The van der Waals surface area contributed by atoms with Crippen LogP contribution in [0.5, 0.6) is 0 Å². The fourth-order valence-corrected chi connectivity index (χ4v) is 1.61. The molecule has 0 N–H and O–H groups in total. The third-order valence-corrected chi connectivity index (χ3v) is 2.48. The third-order valence-electron chi connectivity index (χ3n) is 2.48. The first-order valence-corrected chi connectivity index (χ1v) is 6.27. The Morgan fingerprint density at radius 1 is 1.12 bits per heavy atom. The number of amides is 1. The summed E-state index contributed by atoms with van der Waals surface area (Å²) in [7, 11) is 0. The first-order chi connectivity index (χ1) is 8.13. The minimum Gasteiger partial charge on any atom is -0.465 e. The molecule has 0 saturated carbocycles. The first kappa shape index (κ1) is 15.9. The summed E-state index contributed by atoms with van der Waals surface area (Å²) < 4.78 is 4.86. The monoisotopic (exact) mass is 244 g/mol. The van der Waals surface area contributed by atoms with Crippen molar-refractivity contribution in [3.63, 3.8) is 0 Å². The van der Waals surface area contributed by atoms with Crippen molar-refractivity contribution in [3.8, 4) is 0 Å². The van der Waals surface area contributed by atoms with Crippen LogP contribution >= 0.6 is 0 Å². The van der Waals surface area contributed by atoms with Gasteiger partial charge in [-0.1, -0.05) is 13.8 Å². The maximum absolute atomic E-state index is 11.2. The lowest BCUT2D eigenvalue weighted by Gasteiger charge is -2.33. The van der Waals surface area contributed by atoms with E-state index in [4.69, 9.17) is 4.74 Å². The number of nitrogens with zero attached hydrogens (tertiary/aromatic N) is 2. The van der Waals surface area contributed by atoms with Crippen LogP contribution in [-0.2, 0) is 14.3 Å². The van der Waals surface area contributed by atoms with Crippen molar-refractivity contribution in [1.29, 1.82) is 0 Å². The fraction of sp³-hybridized carbons (Fsp3) is 0.833. The van der Waals surface area contributed by atoms with E-state index in [9.17, 15) is 9.59 Å². The van der Waals surface area contributed by atoms with Gasteiger partial charge in [0.1, 0.15) is 0 Å². The van der Waals surface area contributed by atoms with E-state index in [2.05, 4.69) is 0 Å². The van der Waals surface area contributed by atoms with Crippen molar-refractivity contribution >= 4 is 11.9 Å². The molecule has 5 nitrogen and oxygen atoms in total. The van der Waals surface area contributed by atoms with Crippen molar-refractivity contribution < 1.29 is 14.3 Å². The van der Waals surface area contributed by atoms with Crippen LogP contribution in [0.25, 0.3) is 0 Å². The Morgan fingerprint density at radius 2 is 1.65 bits per heavy atom. The van der Waals surface area contributed by atoms with Crippen LogP contribution in [0.2, 0.25) is 0 Å². The molecule has 100 valence electrons. The van der Waals surface area contributed by atoms with Gasteiger partial charge in [-0.25, -0.2) is 0 Å². The highest BCUT2D eigenvalue weighted by atomic mass is 16.5. The van der Waals surface area contributed by atoms with Crippen LogP contribution in [0.3, 0.4) is 0 Å². The number of carbonyl (C=O) groups is 2. The van der Waals surface area contributed by atoms with Gasteiger partial charge in [0.05, 0.1) is 13.2 Å². The Morgan fingerprint density at radius 3 is 2.06 bits per heavy atom. The van der Waals surface area contributed by atoms with Gasteiger partial charge in [-0.2, -0.15) is 0 Å². The predicted molar refractivity (Wildman–Crippen MR) is 66.7 cm³/mol. The van der Waals surface area contributed by atoms with Gasteiger partial charge >= 0.3 is 5.97 Å². The molecule has 0 unspecified atom stereocenters. The lowest BCUT2D eigenvalue weighted by molar-refractivity contribution is -0.145. The molecule has 17 heavy (non-hydrogen) atoms. The maximum Gasteiger partial charge on any atom is 0.320 e. The molecule has 0 aromatic carbocycles. The van der Waals surface area contributed by atoms with Gasteiger partial charge in [0.2, 0.25) is 5.91 Å². The van der Waals surface area contributed by atoms with Crippen molar-refractivity contribution in [2.45, 2.75) is 27.7 Å². The summed E-state index contributed by atoms with van der Waals surface area (Å²) in [6, 6.07) is 0. The van der Waals surface area contributed by atoms with Crippen LogP contribution < -0.4 is 0 Å². The Hall–Kier alpha value is -1.10. The SMILES string of the molecule is CC.CCOC(=O)CN1CCN(C(C)=O)CC1. The lowest BCUT2D eigenvalue weighted by Crippen LogP contribution is -2.49.